The van der Waals surface area contributed by atoms with Gasteiger partial charge in [-0.2, -0.15) is 0 Å². The molecule has 3 heterocycles. The van der Waals surface area contributed by atoms with Gasteiger partial charge in [0.15, 0.2) is 9.84 Å². The van der Waals surface area contributed by atoms with Crippen LogP contribution in [0.1, 0.15) is 28.9 Å². The van der Waals surface area contributed by atoms with Crippen molar-refractivity contribution in [3.05, 3.63) is 17.0 Å². The number of nitrogens with zero attached hydrogens (tertiary/aromatic N) is 1. The molecule has 2 aliphatic rings. The number of nitrogens with one attached hydrogen (secondary N) is 1. The maximum Gasteiger partial charge on any atom is 0.263 e. The van der Waals surface area contributed by atoms with Crippen molar-refractivity contribution in [2.75, 3.05) is 32.4 Å². The van der Waals surface area contributed by atoms with Crippen LogP contribution in [0.2, 0.25) is 0 Å². The lowest BCUT2D eigenvalue weighted by molar-refractivity contribution is 0.0769. The molecular weight excluding hydrogens is 308 g/mol. The molecule has 2 fully saturated rings. The number of hydrogen-bond donors (Lipinski definition) is 1. The summed E-state index contributed by atoms with van der Waals surface area (Å²) < 4.78 is 23.3. The van der Waals surface area contributed by atoms with Crippen LogP contribution in [0, 0.1) is 5.41 Å². The third kappa shape index (κ3) is 3.00. The van der Waals surface area contributed by atoms with Crippen molar-refractivity contribution in [1.82, 2.24) is 10.2 Å². The fourth-order valence-corrected chi connectivity index (χ4v) is 5.17. The van der Waals surface area contributed by atoms with E-state index in [1.165, 1.54) is 25.2 Å². The van der Waals surface area contributed by atoms with Crippen molar-refractivity contribution in [2.45, 2.75) is 23.5 Å². The van der Waals surface area contributed by atoms with Crippen LogP contribution in [0.4, 0.5) is 0 Å². The number of piperidine rings is 1. The highest BCUT2D eigenvalue weighted by molar-refractivity contribution is 7.92. The van der Waals surface area contributed by atoms with Gasteiger partial charge in [-0.05, 0) is 37.9 Å². The zero-order valence-corrected chi connectivity index (χ0v) is 13.7. The van der Waals surface area contributed by atoms with Crippen molar-refractivity contribution >= 4 is 27.1 Å². The second kappa shape index (κ2) is 5.37. The highest BCUT2D eigenvalue weighted by Crippen LogP contribution is 2.37. The molecule has 1 aromatic heterocycles. The Balaban J connectivity index is 1.73. The molecule has 7 heteroatoms. The average molecular weight is 328 g/mol. The molecule has 1 N–H and O–H groups in total. The van der Waals surface area contributed by atoms with E-state index in [4.69, 9.17) is 0 Å². The first-order valence-corrected chi connectivity index (χ1v) is 9.90. The summed E-state index contributed by atoms with van der Waals surface area (Å²) in [6.45, 7) is 3.60. The molecule has 0 radical (unpaired) electrons. The van der Waals surface area contributed by atoms with Gasteiger partial charge in [0.2, 0.25) is 0 Å². The Morgan fingerprint density at radius 2 is 2.19 bits per heavy atom. The average Bonchev–Trinajstić information content (AvgIpc) is 3.06. The fourth-order valence-electron chi connectivity index (χ4n) is 3.28. The summed E-state index contributed by atoms with van der Waals surface area (Å²) in [5, 5.41) is 3.43. The minimum atomic E-state index is -3.23. The molecular formula is C14H20N2O3S2. The van der Waals surface area contributed by atoms with Gasteiger partial charge < -0.3 is 10.2 Å². The van der Waals surface area contributed by atoms with Crippen molar-refractivity contribution in [2.24, 2.45) is 5.41 Å². The quantitative estimate of drug-likeness (QED) is 0.890. The lowest BCUT2D eigenvalue weighted by Gasteiger charge is -2.33. The predicted octanol–water partition coefficient (Wildman–Crippen LogP) is 1.37. The van der Waals surface area contributed by atoms with Crippen molar-refractivity contribution in [3.63, 3.8) is 0 Å². The Morgan fingerprint density at radius 1 is 1.38 bits per heavy atom. The van der Waals surface area contributed by atoms with Gasteiger partial charge >= 0.3 is 0 Å². The Labute approximate surface area is 129 Å². The van der Waals surface area contributed by atoms with Crippen LogP contribution in [-0.4, -0.2) is 51.7 Å². The van der Waals surface area contributed by atoms with E-state index in [-0.39, 0.29) is 15.5 Å². The Morgan fingerprint density at radius 3 is 2.81 bits per heavy atom. The summed E-state index contributed by atoms with van der Waals surface area (Å²) in [6, 6.07) is 3.16. The van der Waals surface area contributed by atoms with E-state index in [2.05, 4.69) is 5.32 Å². The molecule has 21 heavy (non-hydrogen) atoms. The predicted molar refractivity (Wildman–Crippen MR) is 82.5 cm³/mol. The number of likely N-dealkylation sites (tertiary alicyclic amines) is 1. The smallest absolute Gasteiger partial charge is 0.263 e. The van der Waals surface area contributed by atoms with Gasteiger partial charge in [-0.15, -0.1) is 11.3 Å². The summed E-state index contributed by atoms with van der Waals surface area (Å²) in [5.74, 6) is -0.0302. The second-order valence-electron chi connectivity index (χ2n) is 6.15. The van der Waals surface area contributed by atoms with Crippen molar-refractivity contribution < 1.29 is 13.2 Å². The minimum Gasteiger partial charge on any atom is -0.337 e. The Hall–Kier alpha value is -0.920. The number of rotatable bonds is 2. The lowest BCUT2D eigenvalue weighted by atomic mass is 9.80. The molecule has 1 amide bonds. The summed E-state index contributed by atoms with van der Waals surface area (Å²) in [6.07, 6.45) is 4.55. The summed E-state index contributed by atoms with van der Waals surface area (Å²) in [4.78, 5) is 14.9. The molecule has 0 bridgehead atoms. The molecule has 2 aliphatic heterocycles. The topological polar surface area (TPSA) is 66.5 Å². The number of carbonyl (C=O) groups excluding carboxylic acids is 1. The first-order chi connectivity index (χ1) is 9.90. The Kier molecular flexibility index (Phi) is 3.83. The normalized spacial score (nSPS) is 26.4. The number of thiophene rings is 1. The summed E-state index contributed by atoms with van der Waals surface area (Å²) in [7, 11) is -3.23. The Bertz CT molecular complexity index is 645. The first kappa shape index (κ1) is 15.0. The zero-order chi connectivity index (χ0) is 15.1. The summed E-state index contributed by atoms with van der Waals surface area (Å²) in [5.41, 5.74) is 0.227. The van der Waals surface area contributed by atoms with Crippen LogP contribution >= 0.6 is 11.3 Å². The molecule has 116 valence electrons. The van der Waals surface area contributed by atoms with Crippen LogP contribution in [0.25, 0.3) is 0 Å². The van der Waals surface area contributed by atoms with Gasteiger partial charge in [0.25, 0.3) is 5.91 Å². The van der Waals surface area contributed by atoms with Crippen molar-refractivity contribution in [3.8, 4) is 0 Å². The maximum absolute atomic E-state index is 12.5. The summed E-state index contributed by atoms with van der Waals surface area (Å²) >= 11 is 1.08. The van der Waals surface area contributed by atoms with E-state index in [1.54, 1.807) is 6.07 Å². The van der Waals surface area contributed by atoms with E-state index in [0.29, 0.717) is 4.88 Å². The van der Waals surface area contributed by atoms with Crippen LogP contribution in [-0.2, 0) is 9.84 Å². The third-order valence-electron chi connectivity index (χ3n) is 4.44. The zero-order valence-electron chi connectivity index (χ0n) is 12.1. The van der Waals surface area contributed by atoms with Crippen LogP contribution < -0.4 is 5.32 Å². The molecule has 5 nitrogen and oxygen atoms in total. The monoisotopic (exact) mass is 328 g/mol. The molecule has 2 saturated heterocycles. The molecule has 0 aliphatic carbocycles. The van der Waals surface area contributed by atoms with E-state index >= 15 is 0 Å². The second-order valence-corrected chi connectivity index (χ2v) is 9.47. The van der Waals surface area contributed by atoms with Crippen LogP contribution in [0.3, 0.4) is 0 Å². The van der Waals surface area contributed by atoms with Gasteiger partial charge in [0.1, 0.15) is 4.21 Å². The van der Waals surface area contributed by atoms with E-state index < -0.39 is 9.84 Å². The molecule has 1 atom stereocenters. The molecule has 0 saturated carbocycles. The van der Waals surface area contributed by atoms with Gasteiger partial charge in [-0.25, -0.2) is 8.42 Å². The van der Waals surface area contributed by atoms with Gasteiger partial charge in [-0.3, -0.25) is 4.79 Å². The standard InChI is InChI=1S/C14H20N2O3S2/c1-21(18,19)12-4-3-11(20-12)13(17)16-8-6-14(10-16)5-2-7-15-9-14/h3-4,15H,2,5-10H2,1H3. The first-order valence-electron chi connectivity index (χ1n) is 7.20. The lowest BCUT2D eigenvalue weighted by Crippen LogP contribution is -2.42. The molecule has 1 aromatic rings. The van der Waals surface area contributed by atoms with Crippen molar-refractivity contribution in [1.29, 1.82) is 0 Å². The largest absolute Gasteiger partial charge is 0.337 e. The highest BCUT2D eigenvalue weighted by atomic mass is 32.2. The van der Waals surface area contributed by atoms with Gasteiger partial charge in [0.05, 0.1) is 4.88 Å². The van der Waals surface area contributed by atoms with Crippen LogP contribution in [0.15, 0.2) is 16.3 Å². The molecule has 3 rings (SSSR count). The highest BCUT2D eigenvalue weighted by Gasteiger charge is 2.41. The van der Waals surface area contributed by atoms with E-state index in [9.17, 15) is 13.2 Å². The number of amides is 1. The molecule has 0 aromatic carbocycles. The van der Waals surface area contributed by atoms with E-state index in [1.807, 2.05) is 4.90 Å². The fraction of sp³-hybridized carbons (Fsp3) is 0.643. The number of hydrogen-bond acceptors (Lipinski definition) is 5. The van der Waals surface area contributed by atoms with Crippen LogP contribution in [0.5, 0.6) is 0 Å². The maximum atomic E-state index is 12.5. The molecule has 1 spiro atoms. The third-order valence-corrected chi connectivity index (χ3v) is 7.34. The van der Waals surface area contributed by atoms with Gasteiger partial charge in [-0.1, -0.05) is 0 Å². The van der Waals surface area contributed by atoms with Gasteiger partial charge in [0, 0.05) is 31.3 Å². The SMILES string of the molecule is CS(=O)(=O)c1ccc(C(=O)N2CCC3(CCCNC3)C2)s1. The number of carbonyl (C=O) groups is 1. The van der Waals surface area contributed by atoms with E-state index in [0.717, 1.165) is 43.9 Å². The minimum absolute atomic E-state index is 0.0302. The number of sulfone groups is 1. The molecule has 1 unspecified atom stereocenters.